The lowest BCUT2D eigenvalue weighted by Gasteiger charge is -2.23. The van der Waals surface area contributed by atoms with Crippen LogP contribution in [-0.2, 0) is 4.79 Å². The standard InChI is InChI=1S/C24H29N5O3S/c1-14-25-18(13-33-14)22(31)27-20-10-15-6-9-17(28(5)21(30)12-24(2,3)4)11-19(15)29(20)23(32)26-16-7-8-16/h6,9-11,13,16H,7-8,12H2,1-5H3,(H,26,32)(H,27,31). The van der Waals surface area contributed by atoms with E-state index in [0.717, 1.165) is 23.2 Å². The molecule has 4 rings (SSSR count). The Kier molecular flexibility index (Phi) is 6.00. The molecule has 0 spiro atoms. The fourth-order valence-corrected chi connectivity index (χ4v) is 4.13. The van der Waals surface area contributed by atoms with Gasteiger partial charge in [0.05, 0.1) is 10.5 Å². The van der Waals surface area contributed by atoms with Gasteiger partial charge in [-0.05, 0) is 43.4 Å². The van der Waals surface area contributed by atoms with Crippen LogP contribution >= 0.6 is 11.3 Å². The molecular weight excluding hydrogens is 438 g/mol. The zero-order valence-corrected chi connectivity index (χ0v) is 20.4. The Morgan fingerprint density at radius 1 is 1.21 bits per heavy atom. The van der Waals surface area contributed by atoms with Crippen molar-refractivity contribution in [3.05, 3.63) is 40.3 Å². The Bertz CT molecular complexity index is 1230. The predicted octanol–water partition coefficient (Wildman–Crippen LogP) is 4.78. The first-order valence-corrected chi connectivity index (χ1v) is 11.9. The van der Waals surface area contributed by atoms with E-state index >= 15 is 0 Å². The molecule has 2 N–H and O–H groups in total. The maximum atomic E-state index is 13.1. The van der Waals surface area contributed by atoms with E-state index in [0.29, 0.717) is 29.1 Å². The summed E-state index contributed by atoms with van der Waals surface area (Å²) < 4.78 is 1.47. The number of nitrogens with zero attached hydrogens (tertiary/aromatic N) is 3. The molecule has 0 atom stereocenters. The number of rotatable bonds is 5. The Morgan fingerprint density at radius 2 is 1.94 bits per heavy atom. The molecule has 0 bridgehead atoms. The second-order valence-corrected chi connectivity index (χ2v) is 10.8. The molecular formula is C24H29N5O3S. The summed E-state index contributed by atoms with van der Waals surface area (Å²) in [4.78, 5) is 44.5. The van der Waals surface area contributed by atoms with Crippen molar-refractivity contribution in [1.82, 2.24) is 14.9 Å². The molecule has 1 aliphatic carbocycles. The Morgan fingerprint density at radius 3 is 2.55 bits per heavy atom. The summed E-state index contributed by atoms with van der Waals surface area (Å²) in [5.41, 5.74) is 1.48. The minimum atomic E-state index is -0.375. The lowest BCUT2D eigenvalue weighted by Crippen LogP contribution is -2.32. The molecule has 1 fully saturated rings. The number of carbonyl (C=O) groups is 3. The number of amides is 3. The molecule has 9 heteroatoms. The van der Waals surface area contributed by atoms with Crippen molar-refractivity contribution in [1.29, 1.82) is 0 Å². The van der Waals surface area contributed by atoms with E-state index < -0.39 is 0 Å². The Hall–Kier alpha value is -3.20. The summed E-state index contributed by atoms with van der Waals surface area (Å²) in [6.07, 6.45) is 2.29. The lowest BCUT2D eigenvalue weighted by atomic mass is 9.91. The van der Waals surface area contributed by atoms with Crippen molar-refractivity contribution < 1.29 is 14.4 Å². The van der Waals surface area contributed by atoms with E-state index in [2.05, 4.69) is 15.6 Å². The van der Waals surface area contributed by atoms with Gasteiger partial charge in [-0.15, -0.1) is 11.3 Å². The first-order valence-electron chi connectivity index (χ1n) is 11.0. The topological polar surface area (TPSA) is 96.3 Å². The molecule has 174 valence electrons. The number of thiazole rings is 1. The smallest absolute Gasteiger partial charge is 0.327 e. The number of fused-ring (bicyclic) bond motifs is 1. The van der Waals surface area contributed by atoms with Crippen LogP contribution in [0.15, 0.2) is 29.6 Å². The zero-order valence-electron chi connectivity index (χ0n) is 19.6. The quantitative estimate of drug-likeness (QED) is 0.564. The molecule has 0 aliphatic heterocycles. The van der Waals surface area contributed by atoms with Crippen LogP contribution in [0.25, 0.3) is 10.9 Å². The monoisotopic (exact) mass is 467 g/mol. The number of benzene rings is 1. The number of aromatic nitrogens is 2. The highest BCUT2D eigenvalue weighted by atomic mass is 32.1. The highest BCUT2D eigenvalue weighted by molar-refractivity contribution is 7.09. The van der Waals surface area contributed by atoms with E-state index in [4.69, 9.17) is 0 Å². The molecule has 2 heterocycles. The van der Waals surface area contributed by atoms with Gasteiger partial charge >= 0.3 is 6.03 Å². The van der Waals surface area contributed by atoms with Crippen molar-refractivity contribution in [3.63, 3.8) is 0 Å². The second kappa shape index (κ2) is 8.62. The Labute approximate surface area is 197 Å². The van der Waals surface area contributed by atoms with Crippen molar-refractivity contribution in [3.8, 4) is 0 Å². The van der Waals surface area contributed by atoms with Gasteiger partial charge in [-0.2, -0.15) is 0 Å². The fourth-order valence-electron chi connectivity index (χ4n) is 3.54. The van der Waals surface area contributed by atoms with E-state index in [-0.39, 0.29) is 29.3 Å². The number of nitrogens with one attached hydrogen (secondary N) is 2. The molecule has 1 aromatic carbocycles. The third kappa shape index (κ3) is 5.24. The molecule has 1 aliphatic rings. The summed E-state index contributed by atoms with van der Waals surface area (Å²) in [6, 6.07) is 7.12. The average Bonchev–Trinajstić information content (AvgIpc) is 3.30. The number of anilines is 2. The zero-order chi connectivity index (χ0) is 23.9. The highest BCUT2D eigenvalue weighted by Crippen LogP contribution is 2.30. The van der Waals surface area contributed by atoms with Crippen LogP contribution in [0.2, 0.25) is 0 Å². The molecule has 8 nitrogen and oxygen atoms in total. The summed E-state index contributed by atoms with van der Waals surface area (Å²) >= 11 is 1.39. The minimum absolute atomic E-state index is 0.00480. The molecule has 2 aromatic heterocycles. The second-order valence-electron chi connectivity index (χ2n) is 9.73. The Balaban J connectivity index is 1.70. The van der Waals surface area contributed by atoms with Gasteiger partial charge in [0, 0.05) is 36.0 Å². The maximum absolute atomic E-state index is 13.1. The summed E-state index contributed by atoms with van der Waals surface area (Å²) in [6.45, 7) is 7.90. The summed E-state index contributed by atoms with van der Waals surface area (Å²) in [5, 5.41) is 9.09. The molecule has 0 saturated heterocycles. The van der Waals surface area contributed by atoms with Gasteiger partial charge in [0.25, 0.3) is 5.91 Å². The number of carbonyl (C=O) groups excluding carboxylic acids is 3. The van der Waals surface area contributed by atoms with Crippen LogP contribution in [0.3, 0.4) is 0 Å². The number of hydrogen-bond donors (Lipinski definition) is 2. The highest BCUT2D eigenvalue weighted by Gasteiger charge is 2.27. The van der Waals surface area contributed by atoms with Crippen LogP contribution in [0.4, 0.5) is 16.3 Å². The lowest BCUT2D eigenvalue weighted by molar-refractivity contribution is -0.120. The predicted molar refractivity (Wildman–Crippen MR) is 131 cm³/mol. The molecule has 1 saturated carbocycles. The van der Waals surface area contributed by atoms with Crippen LogP contribution < -0.4 is 15.5 Å². The van der Waals surface area contributed by atoms with Gasteiger partial charge in [0.1, 0.15) is 11.5 Å². The van der Waals surface area contributed by atoms with Crippen molar-refractivity contribution in [2.75, 3.05) is 17.3 Å². The van der Waals surface area contributed by atoms with Crippen LogP contribution in [0, 0.1) is 12.3 Å². The number of aryl methyl sites for hydroxylation is 1. The first kappa shape index (κ1) is 23.0. The first-order chi connectivity index (χ1) is 15.5. The van der Waals surface area contributed by atoms with Crippen LogP contribution in [0.5, 0.6) is 0 Å². The fraction of sp³-hybridized carbons (Fsp3) is 0.417. The molecule has 0 radical (unpaired) electrons. The molecule has 0 unspecified atom stereocenters. The van der Waals surface area contributed by atoms with E-state index in [9.17, 15) is 14.4 Å². The maximum Gasteiger partial charge on any atom is 0.327 e. The van der Waals surface area contributed by atoms with E-state index in [1.54, 1.807) is 23.4 Å². The van der Waals surface area contributed by atoms with Gasteiger partial charge in [0.15, 0.2) is 0 Å². The largest absolute Gasteiger partial charge is 0.335 e. The van der Waals surface area contributed by atoms with Gasteiger partial charge in [-0.25, -0.2) is 14.3 Å². The van der Waals surface area contributed by atoms with Crippen LogP contribution in [0.1, 0.15) is 55.5 Å². The van der Waals surface area contributed by atoms with Gasteiger partial charge in [-0.1, -0.05) is 26.8 Å². The van der Waals surface area contributed by atoms with Gasteiger partial charge in [-0.3, -0.25) is 9.59 Å². The number of hydrogen-bond acceptors (Lipinski definition) is 5. The average molecular weight is 468 g/mol. The molecule has 3 aromatic rings. The van der Waals surface area contributed by atoms with Crippen molar-refractivity contribution >= 4 is 51.6 Å². The normalized spacial score (nSPS) is 13.7. The minimum Gasteiger partial charge on any atom is -0.335 e. The van der Waals surface area contributed by atoms with E-state index in [1.165, 1.54) is 15.9 Å². The summed E-state index contributed by atoms with van der Waals surface area (Å²) in [7, 11) is 1.74. The molecule has 3 amide bonds. The third-order valence-electron chi connectivity index (χ3n) is 5.43. The van der Waals surface area contributed by atoms with Crippen LogP contribution in [-0.4, -0.2) is 40.5 Å². The van der Waals surface area contributed by atoms with Crippen molar-refractivity contribution in [2.45, 2.75) is 53.0 Å². The van der Waals surface area contributed by atoms with Gasteiger partial charge < -0.3 is 15.5 Å². The SMILES string of the molecule is Cc1nc(C(=O)Nc2cc3ccc(N(C)C(=O)CC(C)(C)C)cc3n2C(=O)NC2CC2)cs1. The third-order valence-corrected chi connectivity index (χ3v) is 6.21. The van der Waals surface area contributed by atoms with Crippen molar-refractivity contribution in [2.24, 2.45) is 5.41 Å². The molecule has 33 heavy (non-hydrogen) atoms. The van der Waals surface area contributed by atoms with E-state index in [1.807, 2.05) is 45.9 Å². The summed E-state index contributed by atoms with van der Waals surface area (Å²) in [5.74, 6) is -0.0187. The van der Waals surface area contributed by atoms with Gasteiger partial charge in [0.2, 0.25) is 5.91 Å².